The maximum absolute atomic E-state index is 12.0. The molecule has 1 fully saturated rings. The fourth-order valence-electron chi connectivity index (χ4n) is 3.36. The Labute approximate surface area is 207 Å². The quantitative estimate of drug-likeness (QED) is 0.171. The van der Waals surface area contributed by atoms with Gasteiger partial charge in [-0.25, -0.2) is 4.79 Å². The van der Waals surface area contributed by atoms with Crippen molar-refractivity contribution in [3.63, 3.8) is 0 Å². The van der Waals surface area contributed by atoms with Crippen LogP contribution in [0.3, 0.4) is 0 Å². The Morgan fingerprint density at radius 1 is 0.944 bits per heavy atom. The van der Waals surface area contributed by atoms with E-state index in [1.165, 1.54) is 13.8 Å². The van der Waals surface area contributed by atoms with E-state index < -0.39 is 91.1 Å². The lowest BCUT2D eigenvalue weighted by Gasteiger charge is -2.45. The van der Waals surface area contributed by atoms with Gasteiger partial charge in [0.25, 0.3) is 0 Å². The van der Waals surface area contributed by atoms with Crippen molar-refractivity contribution in [1.82, 2.24) is 10.6 Å². The van der Waals surface area contributed by atoms with Crippen LogP contribution in [0.1, 0.15) is 41.5 Å². The summed E-state index contributed by atoms with van der Waals surface area (Å²) in [7, 11) is 0. The van der Waals surface area contributed by atoms with Crippen LogP contribution < -0.4 is 16.4 Å². The number of carboxylic acid groups (broad SMARTS) is 1. The molecule has 0 radical (unpaired) electrons. The molecule has 8 atom stereocenters. The molecular formula is C21H33N3O12. The predicted octanol–water partition coefficient (Wildman–Crippen LogP) is -2.04. The van der Waals surface area contributed by atoms with Crippen LogP contribution in [-0.2, 0) is 52.5 Å². The molecule has 0 spiro atoms. The highest BCUT2D eigenvalue weighted by molar-refractivity contribution is 5.86. The molecule has 0 aromatic heterocycles. The summed E-state index contributed by atoms with van der Waals surface area (Å²) in [6.07, 6.45) is -6.75. The second kappa shape index (κ2) is 13.7. The zero-order valence-electron chi connectivity index (χ0n) is 20.8. The molecular weight excluding hydrogens is 486 g/mol. The molecule has 0 unspecified atom stereocenters. The number of hydrogen-bond acceptors (Lipinski definition) is 12. The summed E-state index contributed by atoms with van der Waals surface area (Å²) < 4.78 is 27.2. The number of nitrogens with two attached hydrogens (primary N) is 1. The SMILES string of the molecule is CC(=O)N[C@H]1[C@@H](O[C@H](C)[C@H](NC(=O)[C@H](C)N)C(=O)O)O[C@H](COC(C)=O)[C@H](OC(C)=O)[C@@H]1OC(C)=O. The van der Waals surface area contributed by atoms with Crippen LogP contribution in [0.4, 0.5) is 0 Å². The fraction of sp³-hybridized carbons (Fsp3) is 0.714. The molecule has 1 rings (SSSR count). The minimum Gasteiger partial charge on any atom is -0.480 e. The third kappa shape index (κ3) is 9.39. The monoisotopic (exact) mass is 519 g/mol. The summed E-state index contributed by atoms with van der Waals surface area (Å²) in [5, 5.41) is 14.3. The van der Waals surface area contributed by atoms with Crippen LogP contribution >= 0.6 is 0 Å². The van der Waals surface area contributed by atoms with E-state index in [1.54, 1.807) is 0 Å². The van der Waals surface area contributed by atoms with Crippen molar-refractivity contribution in [3.05, 3.63) is 0 Å². The third-order valence-electron chi connectivity index (χ3n) is 4.87. The number of carbonyl (C=O) groups is 6. The van der Waals surface area contributed by atoms with Gasteiger partial charge in [-0.05, 0) is 13.8 Å². The molecule has 0 aromatic rings. The largest absolute Gasteiger partial charge is 0.480 e. The molecule has 0 bridgehead atoms. The molecule has 15 heteroatoms. The highest BCUT2D eigenvalue weighted by Crippen LogP contribution is 2.29. The maximum atomic E-state index is 12.0. The Morgan fingerprint density at radius 2 is 1.50 bits per heavy atom. The first-order valence-electron chi connectivity index (χ1n) is 11.0. The molecule has 5 N–H and O–H groups in total. The molecule has 1 saturated heterocycles. The smallest absolute Gasteiger partial charge is 0.328 e. The number of carboxylic acids is 1. The third-order valence-corrected chi connectivity index (χ3v) is 4.87. The topological polar surface area (TPSA) is 219 Å². The summed E-state index contributed by atoms with van der Waals surface area (Å²) in [6.45, 7) is 6.65. The van der Waals surface area contributed by atoms with Crippen LogP contribution in [0, 0.1) is 0 Å². The van der Waals surface area contributed by atoms with Gasteiger partial charge in [0, 0.05) is 27.7 Å². The lowest BCUT2D eigenvalue weighted by molar-refractivity contribution is -0.287. The minimum absolute atomic E-state index is 0.462. The Balaban J connectivity index is 3.41. The van der Waals surface area contributed by atoms with E-state index >= 15 is 0 Å². The van der Waals surface area contributed by atoms with E-state index in [-0.39, 0.29) is 0 Å². The van der Waals surface area contributed by atoms with E-state index in [9.17, 15) is 33.9 Å². The minimum atomic E-state index is -1.59. The molecule has 1 heterocycles. The van der Waals surface area contributed by atoms with Crippen molar-refractivity contribution >= 4 is 35.7 Å². The van der Waals surface area contributed by atoms with E-state index in [4.69, 9.17) is 29.4 Å². The van der Waals surface area contributed by atoms with E-state index in [0.29, 0.717) is 0 Å². The zero-order valence-corrected chi connectivity index (χ0v) is 20.8. The number of aliphatic carboxylic acids is 1. The Hall–Kier alpha value is -3.30. The van der Waals surface area contributed by atoms with Crippen molar-refractivity contribution < 1.29 is 57.6 Å². The average molecular weight is 520 g/mol. The highest BCUT2D eigenvalue weighted by Gasteiger charge is 2.52. The molecule has 15 nitrogen and oxygen atoms in total. The standard InChI is InChI=1S/C21H33N3O12/c1-8(22)19(29)24-15(20(30)31)9(2)33-21-16(23-10(3)25)18(35-13(6)28)17(34-12(5)27)14(36-21)7-32-11(4)26/h8-9,14-18,21H,7,22H2,1-6H3,(H,23,25)(H,24,29)(H,30,31)/t8-,9+,14+,15-,16+,17-,18+,21-/m0/s1. The van der Waals surface area contributed by atoms with E-state index in [0.717, 1.165) is 27.7 Å². The number of ether oxygens (including phenoxy) is 5. The van der Waals surface area contributed by atoms with E-state index in [2.05, 4.69) is 10.6 Å². The maximum Gasteiger partial charge on any atom is 0.328 e. The highest BCUT2D eigenvalue weighted by atomic mass is 16.7. The van der Waals surface area contributed by atoms with Gasteiger partial charge in [-0.15, -0.1) is 0 Å². The van der Waals surface area contributed by atoms with Crippen LogP contribution in [-0.4, -0.2) is 96.2 Å². The number of esters is 3. The Morgan fingerprint density at radius 3 is 1.94 bits per heavy atom. The van der Waals surface area contributed by atoms with Crippen LogP contribution in [0.2, 0.25) is 0 Å². The lowest BCUT2D eigenvalue weighted by atomic mass is 9.95. The van der Waals surface area contributed by atoms with E-state index in [1.807, 2.05) is 0 Å². The molecule has 204 valence electrons. The lowest BCUT2D eigenvalue weighted by Crippen LogP contribution is -2.67. The van der Waals surface area contributed by atoms with Gasteiger partial charge in [-0.1, -0.05) is 0 Å². The summed E-state index contributed by atoms with van der Waals surface area (Å²) >= 11 is 0. The second-order valence-electron chi connectivity index (χ2n) is 8.17. The van der Waals surface area contributed by atoms with Crippen molar-refractivity contribution in [2.24, 2.45) is 5.73 Å². The summed E-state index contributed by atoms with van der Waals surface area (Å²) in [6, 6.07) is -3.90. The summed E-state index contributed by atoms with van der Waals surface area (Å²) in [4.78, 5) is 70.8. The van der Waals surface area contributed by atoms with Crippen LogP contribution in [0.15, 0.2) is 0 Å². The number of nitrogens with one attached hydrogen (secondary N) is 2. The molecule has 0 saturated carbocycles. The molecule has 36 heavy (non-hydrogen) atoms. The summed E-state index contributed by atoms with van der Waals surface area (Å²) in [5.41, 5.74) is 5.49. The Bertz CT molecular complexity index is 848. The van der Waals surface area contributed by atoms with Gasteiger partial charge < -0.3 is 45.2 Å². The fourth-order valence-corrected chi connectivity index (χ4v) is 3.36. The van der Waals surface area contributed by atoms with Gasteiger partial charge in [0.2, 0.25) is 11.8 Å². The average Bonchev–Trinajstić information content (AvgIpc) is 2.73. The van der Waals surface area contributed by atoms with Crippen molar-refractivity contribution in [3.8, 4) is 0 Å². The molecule has 1 aliphatic heterocycles. The van der Waals surface area contributed by atoms with Crippen molar-refractivity contribution in [2.75, 3.05) is 6.61 Å². The second-order valence-corrected chi connectivity index (χ2v) is 8.17. The van der Waals surface area contributed by atoms with Crippen LogP contribution in [0.5, 0.6) is 0 Å². The first kappa shape index (κ1) is 30.7. The molecule has 1 aliphatic rings. The number of rotatable bonds is 11. The van der Waals surface area contributed by atoms with Gasteiger partial charge in [0.1, 0.15) is 18.8 Å². The van der Waals surface area contributed by atoms with Gasteiger partial charge in [-0.2, -0.15) is 0 Å². The zero-order chi connectivity index (χ0) is 27.7. The Kier molecular flexibility index (Phi) is 11.7. The van der Waals surface area contributed by atoms with Crippen molar-refractivity contribution in [1.29, 1.82) is 0 Å². The van der Waals surface area contributed by atoms with Gasteiger partial charge in [-0.3, -0.25) is 24.0 Å². The predicted molar refractivity (Wildman–Crippen MR) is 118 cm³/mol. The van der Waals surface area contributed by atoms with Gasteiger partial charge >= 0.3 is 23.9 Å². The summed E-state index contributed by atoms with van der Waals surface area (Å²) in [5.74, 6) is -5.10. The number of hydrogen-bond donors (Lipinski definition) is 4. The van der Waals surface area contributed by atoms with Crippen molar-refractivity contribution in [2.45, 2.75) is 90.4 Å². The number of amides is 2. The molecule has 2 amide bonds. The normalized spacial score (nSPS) is 25.9. The van der Waals surface area contributed by atoms with Gasteiger partial charge in [0.15, 0.2) is 24.5 Å². The molecule has 0 aromatic carbocycles. The first-order chi connectivity index (χ1) is 16.6. The molecule has 0 aliphatic carbocycles. The van der Waals surface area contributed by atoms with Crippen LogP contribution in [0.25, 0.3) is 0 Å². The number of carbonyl (C=O) groups excluding carboxylic acids is 5. The first-order valence-corrected chi connectivity index (χ1v) is 11.0. The van der Waals surface area contributed by atoms with Gasteiger partial charge in [0.05, 0.1) is 12.1 Å².